The third-order valence-corrected chi connectivity index (χ3v) is 3.06. The lowest BCUT2D eigenvalue weighted by molar-refractivity contribution is -0.129. The van der Waals surface area contributed by atoms with Gasteiger partial charge < -0.3 is 15.0 Å². The van der Waals surface area contributed by atoms with Gasteiger partial charge in [0.1, 0.15) is 0 Å². The number of benzene rings is 1. The van der Waals surface area contributed by atoms with Crippen LogP contribution in [-0.4, -0.2) is 36.6 Å². The first-order valence-electron chi connectivity index (χ1n) is 6.44. The van der Waals surface area contributed by atoms with E-state index in [0.717, 1.165) is 5.56 Å². The first kappa shape index (κ1) is 16.3. The largest absolute Gasteiger partial charge is 0.450 e. The van der Waals surface area contributed by atoms with E-state index < -0.39 is 6.09 Å². The molecule has 1 aromatic carbocycles. The Morgan fingerprint density at radius 3 is 2.65 bits per heavy atom. The van der Waals surface area contributed by atoms with Crippen LogP contribution in [0.2, 0.25) is 5.02 Å². The molecule has 1 aromatic rings. The van der Waals surface area contributed by atoms with Crippen molar-refractivity contribution in [2.45, 2.75) is 20.4 Å². The Morgan fingerprint density at radius 2 is 2.05 bits per heavy atom. The van der Waals surface area contributed by atoms with E-state index in [-0.39, 0.29) is 5.91 Å². The molecule has 0 saturated carbocycles. The van der Waals surface area contributed by atoms with Crippen LogP contribution in [-0.2, 0) is 16.1 Å². The number of amides is 2. The molecule has 0 fully saturated rings. The molecule has 0 atom stereocenters. The number of carbonyl (C=O) groups excluding carboxylic acids is 2. The lowest BCUT2D eigenvalue weighted by Crippen LogP contribution is -2.37. The minimum atomic E-state index is -0.478. The number of rotatable bonds is 6. The molecule has 1 N–H and O–H groups in total. The zero-order valence-electron chi connectivity index (χ0n) is 11.7. The van der Waals surface area contributed by atoms with E-state index in [0.29, 0.717) is 31.3 Å². The Morgan fingerprint density at radius 1 is 1.35 bits per heavy atom. The van der Waals surface area contributed by atoms with Crippen molar-refractivity contribution in [1.29, 1.82) is 0 Å². The van der Waals surface area contributed by atoms with Crippen LogP contribution in [0.4, 0.5) is 4.79 Å². The number of hydrogen-bond donors (Lipinski definition) is 1. The molecule has 0 aliphatic carbocycles. The molecule has 0 aliphatic rings. The van der Waals surface area contributed by atoms with E-state index in [2.05, 4.69) is 5.32 Å². The van der Waals surface area contributed by atoms with Gasteiger partial charge in [-0.15, -0.1) is 0 Å². The maximum Gasteiger partial charge on any atom is 0.407 e. The number of nitrogens with one attached hydrogen (secondary N) is 1. The summed E-state index contributed by atoms with van der Waals surface area (Å²) in [5.74, 6) is -0.0735. The normalized spacial score (nSPS) is 9.95. The molecule has 0 bridgehead atoms. The minimum absolute atomic E-state index is 0.0735. The van der Waals surface area contributed by atoms with Crippen molar-refractivity contribution in [2.24, 2.45) is 0 Å². The second-order valence-electron chi connectivity index (χ2n) is 4.18. The number of alkyl carbamates (subject to hydrolysis) is 1. The number of halogens is 1. The average Bonchev–Trinajstić information content (AvgIpc) is 2.40. The van der Waals surface area contributed by atoms with Gasteiger partial charge in [0.15, 0.2) is 0 Å². The molecule has 2 amide bonds. The van der Waals surface area contributed by atoms with Crippen molar-refractivity contribution in [3.05, 3.63) is 34.9 Å². The molecule has 0 aromatic heterocycles. The molecule has 20 heavy (non-hydrogen) atoms. The summed E-state index contributed by atoms with van der Waals surface area (Å²) in [7, 11) is 0. The number of ether oxygens (including phenoxy) is 1. The standard InChI is InChI=1S/C14H19ClN2O3/c1-3-20-14(19)16-8-9-17(11(2)18)10-12-6-4-5-7-13(12)15/h4-7H,3,8-10H2,1-2H3,(H,16,19). The van der Waals surface area contributed by atoms with Crippen LogP contribution < -0.4 is 5.32 Å². The molecule has 110 valence electrons. The highest BCUT2D eigenvalue weighted by atomic mass is 35.5. The summed E-state index contributed by atoms with van der Waals surface area (Å²) in [5.41, 5.74) is 0.875. The van der Waals surface area contributed by atoms with E-state index in [1.54, 1.807) is 17.9 Å². The highest BCUT2D eigenvalue weighted by Gasteiger charge is 2.11. The van der Waals surface area contributed by atoms with E-state index in [9.17, 15) is 9.59 Å². The highest BCUT2D eigenvalue weighted by molar-refractivity contribution is 6.31. The van der Waals surface area contributed by atoms with Crippen LogP contribution in [0.3, 0.4) is 0 Å². The van der Waals surface area contributed by atoms with Gasteiger partial charge in [-0.3, -0.25) is 4.79 Å². The predicted molar refractivity (Wildman–Crippen MR) is 77.6 cm³/mol. The maximum atomic E-state index is 11.6. The number of carbonyl (C=O) groups is 2. The van der Waals surface area contributed by atoms with Gasteiger partial charge in [0, 0.05) is 31.6 Å². The predicted octanol–water partition coefficient (Wildman–Crippen LogP) is 2.43. The smallest absolute Gasteiger partial charge is 0.407 e. The van der Waals surface area contributed by atoms with Crippen LogP contribution in [0.15, 0.2) is 24.3 Å². The second kappa shape index (κ2) is 8.43. The molecule has 0 unspecified atom stereocenters. The summed E-state index contributed by atoms with van der Waals surface area (Å²) < 4.78 is 4.75. The summed E-state index contributed by atoms with van der Waals surface area (Å²) >= 11 is 6.07. The fourth-order valence-corrected chi connectivity index (χ4v) is 1.85. The average molecular weight is 299 g/mol. The van der Waals surface area contributed by atoms with Crippen molar-refractivity contribution in [3.8, 4) is 0 Å². The van der Waals surface area contributed by atoms with Crippen molar-refractivity contribution in [2.75, 3.05) is 19.7 Å². The zero-order valence-corrected chi connectivity index (χ0v) is 12.4. The van der Waals surface area contributed by atoms with Crippen molar-refractivity contribution in [3.63, 3.8) is 0 Å². The highest BCUT2D eigenvalue weighted by Crippen LogP contribution is 2.16. The Labute approximate surface area is 123 Å². The maximum absolute atomic E-state index is 11.6. The van der Waals surface area contributed by atoms with Crippen LogP contribution in [0, 0.1) is 0 Å². The SMILES string of the molecule is CCOC(=O)NCCN(Cc1ccccc1Cl)C(C)=O. The third kappa shape index (κ3) is 5.48. The first-order chi connectivity index (χ1) is 9.54. The summed E-state index contributed by atoms with van der Waals surface area (Å²) in [6.45, 7) is 4.70. The van der Waals surface area contributed by atoms with E-state index >= 15 is 0 Å². The van der Waals surface area contributed by atoms with Crippen LogP contribution in [0.1, 0.15) is 19.4 Å². The fraction of sp³-hybridized carbons (Fsp3) is 0.429. The third-order valence-electron chi connectivity index (χ3n) is 2.69. The van der Waals surface area contributed by atoms with Gasteiger partial charge >= 0.3 is 6.09 Å². The molecule has 0 saturated heterocycles. The zero-order chi connectivity index (χ0) is 15.0. The molecule has 0 radical (unpaired) electrons. The summed E-state index contributed by atoms with van der Waals surface area (Å²) in [5, 5.41) is 3.20. The topological polar surface area (TPSA) is 58.6 Å². The van der Waals surface area contributed by atoms with Crippen LogP contribution in [0.25, 0.3) is 0 Å². The fourth-order valence-electron chi connectivity index (χ4n) is 1.66. The Kier molecular flexibility index (Phi) is 6.87. The van der Waals surface area contributed by atoms with Crippen LogP contribution in [0.5, 0.6) is 0 Å². The monoisotopic (exact) mass is 298 g/mol. The van der Waals surface area contributed by atoms with Gasteiger partial charge in [0.05, 0.1) is 6.61 Å². The quantitative estimate of drug-likeness (QED) is 0.877. The van der Waals surface area contributed by atoms with Gasteiger partial charge in [0.25, 0.3) is 0 Å². The first-order valence-corrected chi connectivity index (χ1v) is 6.82. The van der Waals surface area contributed by atoms with Crippen molar-refractivity contribution < 1.29 is 14.3 Å². The number of hydrogen-bond acceptors (Lipinski definition) is 3. The molecule has 1 rings (SSSR count). The number of nitrogens with zero attached hydrogens (tertiary/aromatic N) is 1. The van der Waals surface area contributed by atoms with Crippen molar-refractivity contribution >= 4 is 23.6 Å². The Hall–Kier alpha value is -1.75. The van der Waals surface area contributed by atoms with Crippen molar-refractivity contribution in [1.82, 2.24) is 10.2 Å². The lowest BCUT2D eigenvalue weighted by atomic mass is 10.2. The molecule has 6 heteroatoms. The van der Waals surface area contributed by atoms with Crippen LogP contribution >= 0.6 is 11.6 Å². The summed E-state index contributed by atoms with van der Waals surface area (Å²) in [6, 6.07) is 7.37. The van der Waals surface area contributed by atoms with E-state index in [1.165, 1.54) is 6.92 Å². The van der Waals surface area contributed by atoms with Gasteiger partial charge in [-0.2, -0.15) is 0 Å². The molecule has 0 aliphatic heterocycles. The molecular formula is C14H19ClN2O3. The summed E-state index contributed by atoms with van der Waals surface area (Å²) in [4.78, 5) is 24.4. The molecule has 5 nitrogen and oxygen atoms in total. The second-order valence-corrected chi connectivity index (χ2v) is 4.59. The summed E-state index contributed by atoms with van der Waals surface area (Å²) in [6.07, 6.45) is -0.478. The Balaban J connectivity index is 2.51. The molecular weight excluding hydrogens is 280 g/mol. The van der Waals surface area contributed by atoms with Gasteiger partial charge in [-0.25, -0.2) is 4.79 Å². The van der Waals surface area contributed by atoms with E-state index in [1.807, 2.05) is 18.2 Å². The Bertz CT molecular complexity index is 465. The van der Waals surface area contributed by atoms with E-state index in [4.69, 9.17) is 16.3 Å². The van der Waals surface area contributed by atoms with Gasteiger partial charge in [-0.1, -0.05) is 29.8 Å². The van der Waals surface area contributed by atoms with Gasteiger partial charge in [0.2, 0.25) is 5.91 Å². The molecule has 0 spiro atoms. The molecule has 0 heterocycles. The lowest BCUT2D eigenvalue weighted by Gasteiger charge is -2.21. The minimum Gasteiger partial charge on any atom is -0.450 e. The van der Waals surface area contributed by atoms with Gasteiger partial charge in [-0.05, 0) is 18.6 Å².